The number of aryl methyl sites for hydroxylation is 1. The minimum absolute atomic E-state index is 0.142. The van der Waals surface area contributed by atoms with E-state index < -0.39 is 0 Å². The van der Waals surface area contributed by atoms with Gasteiger partial charge in [-0.1, -0.05) is 35.3 Å². The summed E-state index contributed by atoms with van der Waals surface area (Å²) in [6.07, 6.45) is 1.50. The Morgan fingerprint density at radius 1 is 1.13 bits per heavy atom. The third-order valence-corrected chi connectivity index (χ3v) is 3.86. The van der Waals surface area contributed by atoms with Crippen LogP contribution in [0.4, 0.5) is 0 Å². The van der Waals surface area contributed by atoms with Crippen LogP contribution in [0.5, 0.6) is 0 Å². The van der Waals surface area contributed by atoms with Crippen molar-refractivity contribution in [3.63, 3.8) is 0 Å². The molecule has 0 fully saturated rings. The molecule has 2 aromatic heterocycles. The van der Waals surface area contributed by atoms with Gasteiger partial charge in [-0.3, -0.25) is 4.79 Å². The minimum Gasteiger partial charge on any atom is -0.351 e. The van der Waals surface area contributed by atoms with Crippen LogP contribution in [0, 0.1) is 0 Å². The largest absolute Gasteiger partial charge is 0.351 e. The van der Waals surface area contributed by atoms with Gasteiger partial charge in [-0.2, -0.15) is 0 Å². The van der Waals surface area contributed by atoms with Crippen LogP contribution in [0.25, 0.3) is 11.0 Å². The molecule has 0 aliphatic carbocycles. The highest BCUT2D eigenvalue weighted by Gasteiger charge is 2.12. The summed E-state index contributed by atoms with van der Waals surface area (Å²) in [5.74, 6) is 0.571. The van der Waals surface area contributed by atoms with Gasteiger partial charge in [0, 0.05) is 13.0 Å². The van der Waals surface area contributed by atoms with E-state index in [1.54, 1.807) is 12.1 Å². The van der Waals surface area contributed by atoms with Crippen molar-refractivity contribution in [1.82, 2.24) is 20.3 Å². The molecule has 118 valence electrons. The quantitative estimate of drug-likeness (QED) is 0.546. The average Bonchev–Trinajstić information content (AvgIpc) is 2.96. The molecule has 0 aliphatic heterocycles. The van der Waals surface area contributed by atoms with Crippen molar-refractivity contribution >= 4 is 40.1 Å². The van der Waals surface area contributed by atoms with Gasteiger partial charge in [-0.25, -0.2) is 9.97 Å². The number of aromatic nitrogens is 3. The Bertz CT molecular complexity index is 814. The number of fused-ring (bicyclic) bond motifs is 1. The zero-order chi connectivity index (χ0) is 16.2. The summed E-state index contributed by atoms with van der Waals surface area (Å²) < 4.78 is 0. The fourth-order valence-corrected chi connectivity index (χ4v) is 2.58. The molecule has 0 radical (unpaired) electrons. The molecule has 0 saturated carbocycles. The predicted molar refractivity (Wildman–Crippen MR) is 91.0 cm³/mol. The number of halogens is 2. The van der Waals surface area contributed by atoms with Gasteiger partial charge in [-0.15, -0.1) is 0 Å². The molecule has 1 amide bonds. The maximum Gasteiger partial charge on any atom is 0.271 e. The van der Waals surface area contributed by atoms with E-state index in [1.807, 2.05) is 24.3 Å². The first-order valence-corrected chi connectivity index (χ1v) is 7.93. The smallest absolute Gasteiger partial charge is 0.271 e. The molecule has 0 atom stereocenters. The molecule has 7 heteroatoms. The van der Waals surface area contributed by atoms with Crippen molar-refractivity contribution in [1.29, 1.82) is 0 Å². The number of H-pyrrole nitrogens is 1. The summed E-state index contributed by atoms with van der Waals surface area (Å²) in [4.78, 5) is 23.7. The topological polar surface area (TPSA) is 70.7 Å². The Hall–Kier alpha value is -2.11. The van der Waals surface area contributed by atoms with E-state index in [1.165, 1.54) is 0 Å². The molecule has 0 saturated heterocycles. The zero-order valence-corrected chi connectivity index (χ0v) is 13.7. The first kappa shape index (κ1) is 15.8. The lowest BCUT2D eigenvalue weighted by molar-refractivity contribution is 0.0948. The van der Waals surface area contributed by atoms with Gasteiger partial charge < -0.3 is 10.3 Å². The normalized spacial score (nSPS) is 10.9. The monoisotopic (exact) mass is 348 g/mol. The molecule has 0 aliphatic rings. The highest BCUT2D eigenvalue weighted by atomic mass is 35.5. The molecule has 1 aromatic carbocycles. The number of aromatic amines is 1. The Kier molecular flexibility index (Phi) is 4.79. The maximum atomic E-state index is 12.0. The van der Waals surface area contributed by atoms with Gasteiger partial charge in [-0.05, 0) is 30.7 Å². The summed E-state index contributed by atoms with van der Waals surface area (Å²) in [6.45, 7) is 0.500. The van der Waals surface area contributed by atoms with Crippen molar-refractivity contribution in [2.75, 3.05) is 6.54 Å². The van der Waals surface area contributed by atoms with Crippen LogP contribution in [0.1, 0.15) is 22.7 Å². The Morgan fingerprint density at radius 3 is 2.78 bits per heavy atom. The van der Waals surface area contributed by atoms with E-state index in [2.05, 4.69) is 20.3 Å². The second-order valence-electron chi connectivity index (χ2n) is 5.02. The number of pyridine rings is 1. The molecule has 2 heterocycles. The second kappa shape index (κ2) is 6.98. The van der Waals surface area contributed by atoms with Gasteiger partial charge >= 0.3 is 0 Å². The summed E-state index contributed by atoms with van der Waals surface area (Å²) in [7, 11) is 0. The van der Waals surface area contributed by atoms with E-state index in [-0.39, 0.29) is 21.8 Å². The second-order valence-corrected chi connectivity index (χ2v) is 5.82. The molecule has 3 rings (SSSR count). The number of carbonyl (C=O) groups excluding carboxylic acids is 1. The van der Waals surface area contributed by atoms with Gasteiger partial charge in [0.1, 0.15) is 16.7 Å². The number of benzene rings is 1. The number of rotatable bonds is 5. The summed E-state index contributed by atoms with van der Waals surface area (Å²) in [5.41, 5.74) is 2.10. The standard InChI is InChI=1S/C16H14Cl2N4O/c17-10-7-8-13(18)22-15(10)16(23)19-9-3-6-14-20-11-4-1-2-5-12(11)21-14/h1-2,4-5,7-8H,3,6,9H2,(H,19,23)(H,20,21). The van der Waals surface area contributed by atoms with Gasteiger partial charge in [0.25, 0.3) is 5.91 Å². The predicted octanol–water partition coefficient (Wildman–Crippen LogP) is 3.63. The fraction of sp³-hybridized carbons (Fsp3) is 0.188. The van der Waals surface area contributed by atoms with Crippen LogP contribution in [0.3, 0.4) is 0 Å². The number of nitrogens with one attached hydrogen (secondary N) is 2. The molecule has 5 nitrogen and oxygen atoms in total. The van der Waals surface area contributed by atoms with Crippen LogP contribution in [-0.4, -0.2) is 27.4 Å². The number of amides is 1. The molecule has 23 heavy (non-hydrogen) atoms. The van der Waals surface area contributed by atoms with Gasteiger partial charge in [0.2, 0.25) is 0 Å². The Labute approximate surface area is 143 Å². The van der Waals surface area contributed by atoms with Crippen LogP contribution in [0.2, 0.25) is 10.2 Å². The lowest BCUT2D eigenvalue weighted by atomic mass is 10.3. The van der Waals surface area contributed by atoms with E-state index in [0.29, 0.717) is 6.54 Å². The lowest BCUT2D eigenvalue weighted by Crippen LogP contribution is -2.26. The van der Waals surface area contributed by atoms with Crippen LogP contribution >= 0.6 is 23.2 Å². The number of nitrogens with zero attached hydrogens (tertiary/aromatic N) is 2. The van der Waals surface area contributed by atoms with Crippen LogP contribution in [-0.2, 0) is 6.42 Å². The first-order chi connectivity index (χ1) is 11.1. The highest BCUT2D eigenvalue weighted by Crippen LogP contribution is 2.16. The zero-order valence-electron chi connectivity index (χ0n) is 12.1. The molecule has 0 unspecified atom stereocenters. The number of hydrogen-bond acceptors (Lipinski definition) is 3. The molecular formula is C16H14Cl2N4O. The van der Waals surface area contributed by atoms with Crippen molar-refractivity contribution in [3.05, 3.63) is 58.1 Å². The third kappa shape index (κ3) is 3.81. The summed E-state index contributed by atoms with van der Waals surface area (Å²) in [5, 5.41) is 3.30. The van der Waals surface area contributed by atoms with Crippen molar-refractivity contribution in [2.45, 2.75) is 12.8 Å². The number of imidazole rings is 1. The van der Waals surface area contributed by atoms with Crippen molar-refractivity contribution < 1.29 is 4.79 Å². The fourth-order valence-electron chi connectivity index (χ4n) is 2.24. The van der Waals surface area contributed by atoms with E-state index in [9.17, 15) is 4.79 Å². The number of carbonyl (C=O) groups is 1. The van der Waals surface area contributed by atoms with E-state index in [0.717, 1.165) is 29.7 Å². The Morgan fingerprint density at radius 2 is 1.96 bits per heavy atom. The number of para-hydroxylation sites is 2. The molecular weight excluding hydrogens is 335 g/mol. The highest BCUT2D eigenvalue weighted by molar-refractivity contribution is 6.34. The van der Waals surface area contributed by atoms with Crippen molar-refractivity contribution in [2.24, 2.45) is 0 Å². The summed E-state index contributed by atoms with van der Waals surface area (Å²) in [6, 6.07) is 11.0. The number of hydrogen-bond donors (Lipinski definition) is 2. The first-order valence-electron chi connectivity index (χ1n) is 7.17. The molecule has 2 N–H and O–H groups in total. The summed E-state index contributed by atoms with van der Waals surface area (Å²) >= 11 is 11.7. The SMILES string of the molecule is O=C(NCCCc1nc2ccccc2[nH]1)c1nc(Cl)ccc1Cl. The van der Waals surface area contributed by atoms with E-state index in [4.69, 9.17) is 23.2 Å². The van der Waals surface area contributed by atoms with Crippen LogP contribution in [0.15, 0.2) is 36.4 Å². The van der Waals surface area contributed by atoms with Gasteiger partial charge in [0.15, 0.2) is 0 Å². The van der Waals surface area contributed by atoms with Gasteiger partial charge in [0.05, 0.1) is 16.1 Å². The minimum atomic E-state index is -0.331. The molecule has 0 spiro atoms. The Balaban J connectivity index is 1.53. The average molecular weight is 349 g/mol. The lowest BCUT2D eigenvalue weighted by Gasteiger charge is -2.05. The van der Waals surface area contributed by atoms with E-state index >= 15 is 0 Å². The molecule has 0 bridgehead atoms. The van der Waals surface area contributed by atoms with Crippen molar-refractivity contribution in [3.8, 4) is 0 Å². The van der Waals surface area contributed by atoms with Crippen LogP contribution < -0.4 is 5.32 Å². The third-order valence-electron chi connectivity index (χ3n) is 3.34. The molecule has 3 aromatic rings. The maximum absolute atomic E-state index is 12.0.